The highest BCUT2D eigenvalue weighted by atomic mass is 16.5. The Balaban J connectivity index is 2.02. The molecule has 0 heterocycles. The van der Waals surface area contributed by atoms with Crippen molar-refractivity contribution < 1.29 is 4.74 Å². The summed E-state index contributed by atoms with van der Waals surface area (Å²) in [6, 6.07) is 0.271. The normalized spacial score (nSPS) is 38.8. The SMILES string of the molecule is COC1(C(N)C2CCCC2)CCC(C)CC1. The molecular weight excluding hydrogens is 198 g/mol. The van der Waals surface area contributed by atoms with Crippen LogP contribution in [0.3, 0.4) is 0 Å². The van der Waals surface area contributed by atoms with Gasteiger partial charge in [0.1, 0.15) is 0 Å². The number of hydrogen-bond donors (Lipinski definition) is 1. The molecule has 2 aliphatic rings. The van der Waals surface area contributed by atoms with Gasteiger partial charge in [0, 0.05) is 13.2 Å². The highest BCUT2D eigenvalue weighted by Gasteiger charge is 2.43. The van der Waals surface area contributed by atoms with Crippen molar-refractivity contribution in [3.05, 3.63) is 0 Å². The summed E-state index contributed by atoms with van der Waals surface area (Å²) in [5.41, 5.74) is 6.52. The van der Waals surface area contributed by atoms with Crippen LogP contribution in [0.4, 0.5) is 0 Å². The van der Waals surface area contributed by atoms with Crippen molar-refractivity contribution in [1.82, 2.24) is 0 Å². The third-order valence-corrected chi connectivity index (χ3v) is 5.04. The van der Waals surface area contributed by atoms with Crippen LogP contribution in [0.15, 0.2) is 0 Å². The van der Waals surface area contributed by atoms with Crippen LogP contribution >= 0.6 is 0 Å². The van der Waals surface area contributed by atoms with Gasteiger partial charge in [-0.05, 0) is 50.4 Å². The first-order chi connectivity index (χ1) is 7.68. The average molecular weight is 225 g/mol. The predicted octanol–water partition coefficient (Wildman–Crippen LogP) is 3.10. The number of methoxy groups -OCH3 is 1. The molecule has 2 N–H and O–H groups in total. The van der Waals surface area contributed by atoms with E-state index >= 15 is 0 Å². The van der Waals surface area contributed by atoms with Crippen molar-refractivity contribution >= 4 is 0 Å². The highest BCUT2D eigenvalue weighted by molar-refractivity contribution is 4.98. The molecule has 1 atom stereocenters. The second-order valence-electron chi connectivity index (χ2n) is 6.02. The van der Waals surface area contributed by atoms with Crippen LogP contribution < -0.4 is 5.73 Å². The van der Waals surface area contributed by atoms with Crippen LogP contribution in [-0.4, -0.2) is 18.8 Å². The van der Waals surface area contributed by atoms with E-state index in [1.54, 1.807) is 0 Å². The molecule has 2 saturated carbocycles. The van der Waals surface area contributed by atoms with E-state index in [0.717, 1.165) is 5.92 Å². The number of ether oxygens (including phenoxy) is 1. The molecule has 0 aromatic carbocycles. The van der Waals surface area contributed by atoms with Gasteiger partial charge in [-0.15, -0.1) is 0 Å². The maximum atomic E-state index is 6.52. The van der Waals surface area contributed by atoms with Gasteiger partial charge >= 0.3 is 0 Å². The monoisotopic (exact) mass is 225 g/mol. The van der Waals surface area contributed by atoms with E-state index in [4.69, 9.17) is 10.5 Å². The zero-order chi connectivity index (χ0) is 11.6. The smallest absolute Gasteiger partial charge is 0.0831 e. The predicted molar refractivity (Wildman–Crippen MR) is 67.3 cm³/mol. The van der Waals surface area contributed by atoms with Gasteiger partial charge in [-0.2, -0.15) is 0 Å². The van der Waals surface area contributed by atoms with Gasteiger partial charge in [0.2, 0.25) is 0 Å². The molecule has 2 fully saturated rings. The van der Waals surface area contributed by atoms with E-state index in [-0.39, 0.29) is 11.6 Å². The fraction of sp³-hybridized carbons (Fsp3) is 1.00. The third-order valence-electron chi connectivity index (χ3n) is 5.04. The molecule has 0 spiro atoms. The Hall–Kier alpha value is -0.0800. The van der Waals surface area contributed by atoms with Crippen LogP contribution in [-0.2, 0) is 4.74 Å². The molecule has 0 aromatic rings. The molecule has 94 valence electrons. The van der Waals surface area contributed by atoms with Crippen molar-refractivity contribution in [2.24, 2.45) is 17.6 Å². The van der Waals surface area contributed by atoms with Gasteiger partial charge in [-0.3, -0.25) is 0 Å². The van der Waals surface area contributed by atoms with Crippen molar-refractivity contribution in [3.63, 3.8) is 0 Å². The molecule has 0 radical (unpaired) electrons. The Kier molecular flexibility index (Phi) is 3.91. The summed E-state index contributed by atoms with van der Waals surface area (Å²) in [7, 11) is 1.87. The molecule has 0 amide bonds. The van der Waals surface area contributed by atoms with E-state index in [9.17, 15) is 0 Å². The average Bonchev–Trinajstić information content (AvgIpc) is 2.83. The van der Waals surface area contributed by atoms with Gasteiger partial charge in [0.15, 0.2) is 0 Å². The van der Waals surface area contributed by atoms with Crippen LogP contribution in [0.2, 0.25) is 0 Å². The topological polar surface area (TPSA) is 35.2 Å². The Morgan fingerprint density at radius 3 is 2.19 bits per heavy atom. The first-order valence-electron chi connectivity index (χ1n) is 6.99. The summed E-state index contributed by atoms with van der Waals surface area (Å²) >= 11 is 0. The molecule has 16 heavy (non-hydrogen) atoms. The quantitative estimate of drug-likeness (QED) is 0.801. The van der Waals surface area contributed by atoms with E-state index in [0.29, 0.717) is 5.92 Å². The molecule has 2 aliphatic carbocycles. The largest absolute Gasteiger partial charge is 0.377 e. The standard InChI is InChI=1S/C14H27NO/c1-11-7-9-14(16-2,10-8-11)13(15)12-5-3-4-6-12/h11-13H,3-10,15H2,1-2H3. The van der Waals surface area contributed by atoms with Crippen LogP contribution in [0, 0.1) is 11.8 Å². The zero-order valence-electron chi connectivity index (χ0n) is 10.9. The van der Waals surface area contributed by atoms with E-state index in [1.165, 1.54) is 51.4 Å². The first kappa shape index (κ1) is 12.4. The fourth-order valence-electron chi connectivity index (χ4n) is 3.67. The first-order valence-corrected chi connectivity index (χ1v) is 6.99. The lowest BCUT2D eigenvalue weighted by molar-refractivity contribution is -0.0780. The molecule has 2 rings (SSSR count). The third kappa shape index (κ3) is 2.28. The summed E-state index contributed by atoms with van der Waals surface area (Å²) in [6.45, 7) is 2.35. The minimum Gasteiger partial charge on any atom is -0.377 e. The van der Waals surface area contributed by atoms with Crippen LogP contribution in [0.5, 0.6) is 0 Å². The van der Waals surface area contributed by atoms with E-state index < -0.39 is 0 Å². The molecular formula is C14H27NO. The van der Waals surface area contributed by atoms with Gasteiger partial charge in [0.25, 0.3) is 0 Å². The minimum absolute atomic E-state index is 0.00150. The van der Waals surface area contributed by atoms with Crippen molar-refractivity contribution in [3.8, 4) is 0 Å². The number of hydrogen-bond acceptors (Lipinski definition) is 2. The zero-order valence-corrected chi connectivity index (χ0v) is 10.9. The molecule has 1 unspecified atom stereocenters. The number of rotatable bonds is 3. The summed E-state index contributed by atoms with van der Waals surface area (Å²) in [5.74, 6) is 1.58. The van der Waals surface area contributed by atoms with E-state index in [2.05, 4.69) is 6.92 Å². The Morgan fingerprint density at radius 1 is 1.12 bits per heavy atom. The number of nitrogens with two attached hydrogens (primary N) is 1. The van der Waals surface area contributed by atoms with Gasteiger partial charge in [-0.25, -0.2) is 0 Å². The summed E-state index contributed by atoms with van der Waals surface area (Å²) in [5, 5.41) is 0. The van der Waals surface area contributed by atoms with Gasteiger partial charge in [0.05, 0.1) is 5.60 Å². The van der Waals surface area contributed by atoms with E-state index in [1.807, 2.05) is 7.11 Å². The second kappa shape index (κ2) is 5.05. The minimum atomic E-state index is 0.00150. The molecule has 0 bridgehead atoms. The molecule has 0 aromatic heterocycles. The summed E-state index contributed by atoms with van der Waals surface area (Å²) < 4.78 is 5.88. The summed E-state index contributed by atoms with van der Waals surface area (Å²) in [6.07, 6.45) is 10.3. The van der Waals surface area contributed by atoms with Crippen molar-refractivity contribution in [2.75, 3.05) is 7.11 Å². The summed E-state index contributed by atoms with van der Waals surface area (Å²) in [4.78, 5) is 0. The van der Waals surface area contributed by atoms with Crippen LogP contribution in [0.1, 0.15) is 58.3 Å². The highest BCUT2D eigenvalue weighted by Crippen LogP contribution is 2.41. The van der Waals surface area contributed by atoms with Crippen molar-refractivity contribution in [1.29, 1.82) is 0 Å². The maximum absolute atomic E-state index is 6.52. The Bertz CT molecular complexity index is 215. The van der Waals surface area contributed by atoms with Crippen molar-refractivity contribution in [2.45, 2.75) is 69.9 Å². The maximum Gasteiger partial charge on any atom is 0.0831 e. The molecule has 0 saturated heterocycles. The molecule has 2 nitrogen and oxygen atoms in total. The van der Waals surface area contributed by atoms with Crippen LogP contribution in [0.25, 0.3) is 0 Å². The Morgan fingerprint density at radius 2 is 1.69 bits per heavy atom. The fourth-order valence-corrected chi connectivity index (χ4v) is 3.67. The molecule has 2 heteroatoms. The second-order valence-corrected chi connectivity index (χ2v) is 6.02. The lowest BCUT2D eigenvalue weighted by Gasteiger charge is -2.44. The van der Waals surface area contributed by atoms with Gasteiger partial charge < -0.3 is 10.5 Å². The lowest BCUT2D eigenvalue weighted by Crippen LogP contribution is -2.54. The lowest BCUT2D eigenvalue weighted by atomic mass is 9.72. The Labute approximate surface area is 99.9 Å². The molecule has 0 aliphatic heterocycles. The van der Waals surface area contributed by atoms with Gasteiger partial charge in [-0.1, -0.05) is 19.8 Å².